The molecule has 0 aliphatic carbocycles. The van der Waals surface area contributed by atoms with E-state index in [2.05, 4.69) is 27.0 Å². The van der Waals surface area contributed by atoms with E-state index in [4.69, 9.17) is 28.4 Å². The largest absolute Gasteiger partial charge is 0.462 e. The topological polar surface area (TPSA) is 124 Å². The lowest BCUT2D eigenvalue weighted by Crippen LogP contribution is -2.29. The van der Waals surface area contributed by atoms with E-state index in [1.807, 2.05) is 0 Å². The first-order chi connectivity index (χ1) is 25.4. The minimum atomic E-state index is -0.691. The molecule has 0 saturated carbocycles. The zero-order valence-corrected chi connectivity index (χ0v) is 33.0. The number of unbranched alkanes of at least 4 members (excludes halogenated alkanes) is 18. The van der Waals surface area contributed by atoms with Crippen molar-refractivity contribution in [2.75, 3.05) is 33.0 Å². The second-order valence-electron chi connectivity index (χ2n) is 13.5. The van der Waals surface area contributed by atoms with Crippen LogP contribution in [0.4, 0.5) is 0 Å². The molecule has 0 aromatic carbocycles. The molecular weight excluding hydrogens is 664 g/mol. The van der Waals surface area contributed by atoms with E-state index < -0.39 is 24.3 Å². The normalized spacial score (nSPS) is 12.1. The van der Waals surface area contributed by atoms with Gasteiger partial charge in [0.15, 0.2) is 6.10 Å². The van der Waals surface area contributed by atoms with Crippen LogP contribution in [0.25, 0.3) is 0 Å². The average Bonchev–Trinajstić information content (AvgIpc) is 3.14. The molecule has 0 heterocycles. The fraction of sp³-hybridized carbons (Fsp3) is 0.810. The van der Waals surface area contributed by atoms with Crippen LogP contribution in [0.2, 0.25) is 0 Å². The summed E-state index contributed by atoms with van der Waals surface area (Å²) < 4.78 is 33.0. The Hall–Kier alpha value is -2.72. The minimum Gasteiger partial charge on any atom is -0.462 e. The summed E-state index contributed by atoms with van der Waals surface area (Å²) in [6.07, 6.45) is 25.8. The third-order valence-corrected chi connectivity index (χ3v) is 8.64. The van der Waals surface area contributed by atoms with Crippen molar-refractivity contribution in [2.24, 2.45) is 0 Å². The Balaban J connectivity index is 4.50. The number of rotatable bonds is 39. The Bertz CT molecular complexity index is 905. The lowest BCUT2D eigenvalue weighted by Gasteiger charge is -2.19. The predicted molar refractivity (Wildman–Crippen MR) is 206 cm³/mol. The summed E-state index contributed by atoms with van der Waals surface area (Å²) in [4.78, 5) is 47.9. The van der Waals surface area contributed by atoms with Gasteiger partial charge in [-0.2, -0.15) is 0 Å². The van der Waals surface area contributed by atoms with E-state index in [1.54, 1.807) is 0 Å². The van der Waals surface area contributed by atoms with Gasteiger partial charge in [0.2, 0.25) is 6.29 Å². The van der Waals surface area contributed by atoms with E-state index in [0.717, 1.165) is 69.9 Å². The summed E-state index contributed by atoms with van der Waals surface area (Å²) >= 11 is 0. The van der Waals surface area contributed by atoms with Crippen molar-refractivity contribution in [3.05, 3.63) is 25.3 Å². The third kappa shape index (κ3) is 34.4. The molecule has 2 atom stereocenters. The summed E-state index contributed by atoms with van der Waals surface area (Å²) in [6.45, 7) is 12.2. The van der Waals surface area contributed by atoms with Gasteiger partial charge in [0, 0.05) is 44.4 Å². The number of esters is 4. The van der Waals surface area contributed by atoms with Crippen LogP contribution in [0.1, 0.15) is 174 Å². The molecule has 10 nitrogen and oxygen atoms in total. The van der Waals surface area contributed by atoms with Crippen LogP contribution in [0.3, 0.4) is 0 Å². The van der Waals surface area contributed by atoms with Crippen LogP contribution < -0.4 is 0 Å². The Morgan fingerprint density at radius 1 is 0.500 bits per heavy atom. The Kier molecular flexibility index (Phi) is 36.0. The maximum absolute atomic E-state index is 12.6. The summed E-state index contributed by atoms with van der Waals surface area (Å²) in [5.41, 5.74) is 0. The third-order valence-electron chi connectivity index (χ3n) is 8.64. The fourth-order valence-electron chi connectivity index (χ4n) is 5.55. The molecule has 10 heteroatoms. The number of hydrogen-bond donors (Lipinski definition) is 0. The Morgan fingerprint density at radius 3 is 1.52 bits per heavy atom. The average molecular weight is 739 g/mol. The maximum Gasteiger partial charge on any atom is 0.330 e. The molecular formula is C42H74O10. The molecule has 2 unspecified atom stereocenters. The summed E-state index contributed by atoms with van der Waals surface area (Å²) in [5.74, 6) is -1.64. The number of carbonyl (C=O) groups is 4. The van der Waals surface area contributed by atoms with Gasteiger partial charge in [-0.15, -0.1) is 0 Å². The van der Waals surface area contributed by atoms with E-state index in [-0.39, 0.29) is 31.8 Å². The van der Waals surface area contributed by atoms with Crippen molar-refractivity contribution in [2.45, 2.75) is 187 Å². The monoisotopic (exact) mass is 739 g/mol. The fourth-order valence-corrected chi connectivity index (χ4v) is 5.55. The van der Waals surface area contributed by atoms with Gasteiger partial charge in [-0.25, -0.2) is 9.59 Å². The minimum absolute atomic E-state index is 0.0927. The quantitative estimate of drug-likeness (QED) is 0.0198. The van der Waals surface area contributed by atoms with Crippen LogP contribution in [0.15, 0.2) is 25.3 Å². The molecule has 0 amide bonds. The SMILES string of the molecule is C=CC(=O)OCCCOC(CCCCCOCC(COC(=O)C=C)OC(=O)CCCCCCCCCCC)OC(=O)CCCCCCCCCCC. The number of carbonyl (C=O) groups excluding carboxylic acids is 4. The first-order valence-corrected chi connectivity index (χ1v) is 20.5. The molecule has 0 spiro atoms. The van der Waals surface area contributed by atoms with Gasteiger partial charge in [0.05, 0.1) is 19.8 Å². The number of ether oxygens (including phenoxy) is 6. The van der Waals surface area contributed by atoms with Gasteiger partial charge < -0.3 is 28.4 Å². The van der Waals surface area contributed by atoms with Crippen molar-refractivity contribution in [3.63, 3.8) is 0 Å². The van der Waals surface area contributed by atoms with Crippen molar-refractivity contribution >= 4 is 23.9 Å². The van der Waals surface area contributed by atoms with E-state index >= 15 is 0 Å². The summed E-state index contributed by atoms with van der Waals surface area (Å²) in [5, 5.41) is 0. The lowest BCUT2D eigenvalue weighted by atomic mass is 10.1. The van der Waals surface area contributed by atoms with Crippen molar-refractivity contribution in [1.29, 1.82) is 0 Å². The summed E-state index contributed by atoms with van der Waals surface area (Å²) in [7, 11) is 0. The standard InChI is InChI=1S/C42H74O10/c1-5-9-11-13-15-17-19-21-24-29-40(45)51-37(36-50-39(44)8-4)35-47-32-27-23-26-31-42(49-34-28-33-48-38(43)7-3)52-41(46)30-25-22-20-18-16-14-12-10-6-2/h7-8,37,42H,3-6,9-36H2,1-2H3. The van der Waals surface area contributed by atoms with E-state index in [0.29, 0.717) is 38.9 Å². The van der Waals surface area contributed by atoms with Crippen molar-refractivity contribution in [3.8, 4) is 0 Å². The molecule has 0 rings (SSSR count). The van der Waals surface area contributed by atoms with Gasteiger partial charge >= 0.3 is 23.9 Å². The highest BCUT2D eigenvalue weighted by Crippen LogP contribution is 2.15. The second-order valence-corrected chi connectivity index (χ2v) is 13.5. The second kappa shape index (κ2) is 38.0. The predicted octanol–water partition coefficient (Wildman–Crippen LogP) is 10.1. The van der Waals surface area contributed by atoms with Gasteiger partial charge in [-0.1, -0.05) is 136 Å². The molecule has 0 fully saturated rings. The van der Waals surface area contributed by atoms with Gasteiger partial charge in [0.1, 0.15) is 6.61 Å². The molecule has 302 valence electrons. The van der Waals surface area contributed by atoms with Crippen LogP contribution in [-0.2, 0) is 47.6 Å². The van der Waals surface area contributed by atoms with Crippen molar-refractivity contribution < 1.29 is 47.6 Å². The zero-order chi connectivity index (χ0) is 38.3. The van der Waals surface area contributed by atoms with Crippen LogP contribution in [-0.4, -0.2) is 69.3 Å². The highest BCUT2D eigenvalue weighted by Gasteiger charge is 2.18. The van der Waals surface area contributed by atoms with E-state index in [9.17, 15) is 19.2 Å². The first kappa shape index (κ1) is 49.3. The maximum atomic E-state index is 12.6. The Morgan fingerprint density at radius 2 is 0.981 bits per heavy atom. The van der Waals surface area contributed by atoms with Crippen LogP contribution in [0, 0.1) is 0 Å². The van der Waals surface area contributed by atoms with Gasteiger partial charge in [-0.3, -0.25) is 9.59 Å². The summed E-state index contributed by atoms with van der Waals surface area (Å²) in [6, 6.07) is 0. The molecule has 52 heavy (non-hydrogen) atoms. The molecule has 0 aromatic heterocycles. The van der Waals surface area contributed by atoms with Crippen LogP contribution in [0.5, 0.6) is 0 Å². The molecule has 0 radical (unpaired) electrons. The molecule has 0 saturated heterocycles. The smallest absolute Gasteiger partial charge is 0.330 e. The van der Waals surface area contributed by atoms with E-state index in [1.165, 1.54) is 77.0 Å². The molecule has 0 aliphatic rings. The lowest BCUT2D eigenvalue weighted by molar-refractivity contribution is -0.181. The molecule has 0 aromatic rings. The zero-order valence-electron chi connectivity index (χ0n) is 33.0. The molecule has 0 bridgehead atoms. The molecule has 0 aliphatic heterocycles. The highest BCUT2D eigenvalue weighted by atomic mass is 16.7. The van der Waals surface area contributed by atoms with Crippen molar-refractivity contribution in [1.82, 2.24) is 0 Å². The van der Waals surface area contributed by atoms with Gasteiger partial charge in [-0.05, 0) is 25.7 Å². The Labute approximate surface area is 316 Å². The van der Waals surface area contributed by atoms with Gasteiger partial charge in [0.25, 0.3) is 0 Å². The first-order valence-electron chi connectivity index (χ1n) is 20.5. The number of hydrogen-bond acceptors (Lipinski definition) is 10. The molecule has 0 N–H and O–H groups in total. The van der Waals surface area contributed by atoms with Crippen LogP contribution >= 0.6 is 0 Å². The highest BCUT2D eigenvalue weighted by molar-refractivity contribution is 5.81.